The normalized spacial score (nSPS) is 28.2. The molecule has 0 aromatic rings. The number of nitrogens with zero attached hydrogens (tertiary/aromatic N) is 1. The van der Waals surface area contributed by atoms with Gasteiger partial charge in [0.05, 0.1) is 0 Å². The highest BCUT2D eigenvalue weighted by molar-refractivity contribution is 4.84. The first-order valence-electron chi connectivity index (χ1n) is 5.59. The standard InChI is InChI=1S/C9H20N2.C2H6/c1-10-8-6-4-5-7-9(8)11(2)3;1-2/h8-10H,4-7H2,1-3H3;1-2H3/t8-,9?;/m0./s1. The van der Waals surface area contributed by atoms with E-state index in [0.717, 1.165) is 12.1 Å². The molecule has 0 saturated heterocycles. The third kappa shape index (κ3) is 4.10. The highest BCUT2D eigenvalue weighted by Gasteiger charge is 2.24. The molecule has 2 nitrogen and oxygen atoms in total. The Labute approximate surface area is 83.7 Å². The average molecular weight is 186 g/mol. The summed E-state index contributed by atoms with van der Waals surface area (Å²) in [6, 6.07) is 1.48. The van der Waals surface area contributed by atoms with E-state index in [4.69, 9.17) is 0 Å². The lowest BCUT2D eigenvalue weighted by Crippen LogP contribution is -2.47. The van der Waals surface area contributed by atoms with Crippen LogP contribution in [0.5, 0.6) is 0 Å². The van der Waals surface area contributed by atoms with Gasteiger partial charge in [0.1, 0.15) is 0 Å². The number of hydrogen-bond donors (Lipinski definition) is 1. The Bertz CT molecular complexity index is 113. The first-order valence-corrected chi connectivity index (χ1v) is 5.59. The van der Waals surface area contributed by atoms with Crippen molar-refractivity contribution in [2.45, 2.75) is 51.6 Å². The van der Waals surface area contributed by atoms with Crippen LogP contribution in [0.4, 0.5) is 0 Å². The van der Waals surface area contributed by atoms with Gasteiger partial charge in [-0.2, -0.15) is 0 Å². The topological polar surface area (TPSA) is 15.3 Å². The minimum atomic E-state index is 0.721. The third-order valence-electron chi connectivity index (χ3n) is 2.76. The van der Waals surface area contributed by atoms with Gasteiger partial charge in [0.15, 0.2) is 0 Å². The van der Waals surface area contributed by atoms with E-state index in [1.165, 1.54) is 25.7 Å². The number of likely N-dealkylation sites (N-methyl/N-ethyl adjacent to an activating group) is 2. The Hall–Kier alpha value is -0.0800. The average Bonchev–Trinajstić information content (AvgIpc) is 2.20. The predicted molar refractivity (Wildman–Crippen MR) is 60.1 cm³/mol. The zero-order chi connectivity index (χ0) is 10.3. The second-order valence-corrected chi connectivity index (χ2v) is 3.71. The van der Waals surface area contributed by atoms with E-state index in [-0.39, 0.29) is 0 Å². The molecule has 0 bridgehead atoms. The van der Waals surface area contributed by atoms with Crippen molar-refractivity contribution in [1.29, 1.82) is 0 Å². The second-order valence-electron chi connectivity index (χ2n) is 3.71. The van der Waals surface area contributed by atoms with Crippen molar-refractivity contribution in [1.82, 2.24) is 10.2 Å². The van der Waals surface area contributed by atoms with Gasteiger partial charge in [-0.1, -0.05) is 26.7 Å². The zero-order valence-corrected chi connectivity index (χ0v) is 9.93. The van der Waals surface area contributed by atoms with Gasteiger partial charge in [0, 0.05) is 12.1 Å². The molecular formula is C11H26N2. The lowest BCUT2D eigenvalue weighted by Gasteiger charge is -2.35. The maximum Gasteiger partial charge on any atom is 0.0243 e. The van der Waals surface area contributed by atoms with E-state index < -0.39 is 0 Å². The minimum absolute atomic E-state index is 0.721. The van der Waals surface area contributed by atoms with Crippen LogP contribution in [0.2, 0.25) is 0 Å². The molecule has 0 spiro atoms. The summed E-state index contributed by atoms with van der Waals surface area (Å²) in [5.74, 6) is 0. The summed E-state index contributed by atoms with van der Waals surface area (Å²) < 4.78 is 0. The van der Waals surface area contributed by atoms with Crippen molar-refractivity contribution >= 4 is 0 Å². The summed E-state index contributed by atoms with van der Waals surface area (Å²) in [4.78, 5) is 2.35. The molecular weight excluding hydrogens is 160 g/mol. The van der Waals surface area contributed by atoms with Gasteiger partial charge in [-0.25, -0.2) is 0 Å². The predicted octanol–water partition coefficient (Wildman–Crippen LogP) is 2.10. The molecule has 1 N–H and O–H groups in total. The Morgan fingerprint density at radius 3 is 2.00 bits per heavy atom. The molecule has 0 aromatic heterocycles. The largest absolute Gasteiger partial charge is 0.315 e. The third-order valence-corrected chi connectivity index (χ3v) is 2.76. The van der Waals surface area contributed by atoms with Gasteiger partial charge in [0.25, 0.3) is 0 Å². The molecule has 13 heavy (non-hydrogen) atoms. The molecule has 1 aliphatic rings. The van der Waals surface area contributed by atoms with Crippen LogP contribution in [-0.2, 0) is 0 Å². The number of nitrogens with one attached hydrogen (secondary N) is 1. The van der Waals surface area contributed by atoms with Crippen molar-refractivity contribution in [2.24, 2.45) is 0 Å². The fourth-order valence-corrected chi connectivity index (χ4v) is 2.07. The SMILES string of the molecule is CC.CN[C@H]1CCCCC1N(C)C. The lowest BCUT2D eigenvalue weighted by atomic mass is 9.90. The molecule has 0 aliphatic heterocycles. The highest BCUT2D eigenvalue weighted by Crippen LogP contribution is 2.20. The van der Waals surface area contributed by atoms with Crippen LogP contribution in [0, 0.1) is 0 Å². The Kier molecular flexibility index (Phi) is 7.29. The molecule has 2 heteroatoms. The van der Waals surface area contributed by atoms with E-state index in [2.05, 4.69) is 31.4 Å². The van der Waals surface area contributed by atoms with Crippen LogP contribution >= 0.6 is 0 Å². The highest BCUT2D eigenvalue weighted by atomic mass is 15.1. The molecule has 0 aromatic carbocycles. The van der Waals surface area contributed by atoms with E-state index in [1.807, 2.05) is 13.8 Å². The molecule has 1 fully saturated rings. The van der Waals surface area contributed by atoms with E-state index in [1.54, 1.807) is 0 Å². The monoisotopic (exact) mass is 186 g/mol. The molecule has 0 amide bonds. The first kappa shape index (κ1) is 12.9. The van der Waals surface area contributed by atoms with Crippen LogP contribution in [0.3, 0.4) is 0 Å². The zero-order valence-electron chi connectivity index (χ0n) is 9.93. The molecule has 1 aliphatic carbocycles. The second kappa shape index (κ2) is 7.34. The molecule has 0 radical (unpaired) electrons. The number of rotatable bonds is 2. The minimum Gasteiger partial charge on any atom is -0.315 e. The number of hydrogen-bond acceptors (Lipinski definition) is 2. The van der Waals surface area contributed by atoms with E-state index in [0.29, 0.717) is 0 Å². The van der Waals surface area contributed by atoms with Gasteiger partial charge in [-0.3, -0.25) is 0 Å². The van der Waals surface area contributed by atoms with Crippen molar-refractivity contribution in [3.63, 3.8) is 0 Å². The summed E-state index contributed by atoms with van der Waals surface area (Å²) in [6.07, 6.45) is 5.51. The van der Waals surface area contributed by atoms with Gasteiger partial charge < -0.3 is 10.2 Å². The van der Waals surface area contributed by atoms with Gasteiger partial charge >= 0.3 is 0 Å². The van der Waals surface area contributed by atoms with Gasteiger partial charge in [-0.05, 0) is 34.0 Å². The van der Waals surface area contributed by atoms with E-state index in [9.17, 15) is 0 Å². The summed E-state index contributed by atoms with van der Waals surface area (Å²) in [6.45, 7) is 4.00. The molecule has 1 rings (SSSR count). The van der Waals surface area contributed by atoms with Crippen LogP contribution in [0.15, 0.2) is 0 Å². The van der Waals surface area contributed by atoms with Crippen molar-refractivity contribution < 1.29 is 0 Å². The van der Waals surface area contributed by atoms with Crippen molar-refractivity contribution in [3.8, 4) is 0 Å². The summed E-state index contributed by atoms with van der Waals surface area (Å²) in [5, 5.41) is 3.39. The summed E-state index contributed by atoms with van der Waals surface area (Å²) >= 11 is 0. The van der Waals surface area contributed by atoms with Gasteiger partial charge in [0.2, 0.25) is 0 Å². The molecule has 0 heterocycles. The maximum absolute atomic E-state index is 3.39. The summed E-state index contributed by atoms with van der Waals surface area (Å²) in [7, 11) is 6.44. The van der Waals surface area contributed by atoms with Crippen molar-refractivity contribution in [2.75, 3.05) is 21.1 Å². The fourth-order valence-electron chi connectivity index (χ4n) is 2.07. The Morgan fingerprint density at radius 2 is 1.62 bits per heavy atom. The quantitative estimate of drug-likeness (QED) is 0.710. The van der Waals surface area contributed by atoms with E-state index >= 15 is 0 Å². The van der Waals surface area contributed by atoms with Crippen LogP contribution in [0.25, 0.3) is 0 Å². The molecule has 80 valence electrons. The molecule has 2 atom stereocenters. The van der Waals surface area contributed by atoms with Gasteiger partial charge in [-0.15, -0.1) is 0 Å². The molecule has 1 saturated carbocycles. The molecule has 1 unspecified atom stereocenters. The summed E-state index contributed by atoms with van der Waals surface area (Å²) in [5.41, 5.74) is 0. The fraction of sp³-hybridized carbons (Fsp3) is 1.00. The van der Waals surface area contributed by atoms with Crippen molar-refractivity contribution in [3.05, 3.63) is 0 Å². The maximum atomic E-state index is 3.39. The van der Waals surface area contributed by atoms with Crippen LogP contribution < -0.4 is 5.32 Å². The lowest BCUT2D eigenvalue weighted by molar-refractivity contribution is 0.183. The van der Waals surface area contributed by atoms with Crippen LogP contribution in [0.1, 0.15) is 39.5 Å². The Balaban J connectivity index is 0.000000671. The Morgan fingerprint density at radius 1 is 1.08 bits per heavy atom. The van der Waals surface area contributed by atoms with Crippen LogP contribution in [-0.4, -0.2) is 38.1 Å². The first-order chi connectivity index (χ1) is 6.25. The smallest absolute Gasteiger partial charge is 0.0243 e.